The molecule has 0 amide bonds. The number of hydrogen-bond acceptors (Lipinski definition) is 2. The van der Waals surface area contributed by atoms with E-state index < -0.39 is 0 Å². The van der Waals surface area contributed by atoms with Crippen molar-refractivity contribution in [3.63, 3.8) is 0 Å². The lowest BCUT2D eigenvalue weighted by Crippen LogP contribution is -2.31. The maximum atomic E-state index is 5.85. The normalized spacial score (nSPS) is 23.8. The van der Waals surface area contributed by atoms with Gasteiger partial charge in [0.15, 0.2) is 0 Å². The lowest BCUT2D eigenvalue weighted by molar-refractivity contribution is 0.0564. The fourth-order valence-electron chi connectivity index (χ4n) is 2.81. The molecule has 2 heteroatoms. The van der Waals surface area contributed by atoms with Gasteiger partial charge in [-0.05, 0) is 51.0 Å². The summed E-state index contributed by atoms with van der Waals surface area (Å²) in [6.07, 6.45) is 11.3. The maximum absolute atomic E-state index is 5.85. The molecule has 2 fully saturated rings. The van der Waals surface area contributed by atoms with Crippen molar-refractivity contribution in [3.8, 4) is 0 Å². The minimum absolute atomic E-state index is 0.588. The van der Waals surface area contributed by atoms with E-state index >= 15 is 0 Å². The predicted octanol–water partition coefficient (Wildman–Crippen LogP) is 3.11. The Bertz CT molecular complexity index is 185. The van der Waals surface area contributed by atoms with E-state index in [1.165, 1.54) is 51.4 Å². The number of hydrogen-bond donors (Lipinski definition) is 1. The summed E-state index contributed by atoms with van der Waals surface area (Å²) in [7, 11) is 0. The van der Waals surface area contributed by atoms with Crippen molar-refractivity contribution in [2.24, 2.45) is 5.92 Å². The van der Waals surface area contributed by atoms with Crippen LogP contribution in [0.25, 0.3) is 0 Å². The van der Waals surface area contributed by atoms with Crippen molar-refractivity contribution in [3.05, 3.63) is 0 Å². The van der Waals surface area contributed by atoms with E-state index in [4.69, 9.17) is 4.74 Å². The largest absolute Gasteiger partial charge is 0.378 e. The summed E-state index contributed by atoms with van der Waals surface area (Å²) >= 11 is 0. The molecule has 2 saturated carbocycles. The molecule has 0 saturated heterocycles. The summed E-state index contributed by atoms with van der Waals surface area (Å²) in [6.45, 7) is 4.39. The van der Waals surface area contributed by atoms with E-state index in [1.54, 1.807) is 0 Å². The van der Waals surface area contributed by atoms with E-state index in [-0.39, 0.29) is 0 Å². The van der Waals surface area contributed by atoms with Crippen molar-refractivity contribution in [1.82, 2.24) is 5.32 Å². The van der Waals surface area contributed by atoms with Gasteiger partial charge < -0.3 is 10.1 Å². The highest BCUT2D eigenvalue weighted by atomic mass is 16.5. The fourth-order valence-corrected chi connectivity index (χ4v) is 2.81. The first kappa shape index (κ1) is 12.4. The Hall–Kier alpha value is -0.0800. The standard InChI is InChI=1S/C14H27NO/c1-2-14(12-8-9-12)15-10-5-11-16-13-6-3-4-7-13/h12-15H,2-11H2,1H3. The zero-order chi connectivity index (χ0) is 11.2. The third-order valence-corrected chi connectivity index (χ3v) is 4.01. The van der Waals surface area contributed by atoms with Gasteiger partial charge in [-0.25, -0.2) is 0 Å². The van der Waals surface area contributed by atoms with Crippen LogP contribution in [0.1, 0.15) is 58.3 Å². The molecule has 2 aliphatic rings. The zero-order valence-corrected chi connectivity index (χ0v) is 10.7. The van der Waals surface area contributed by atoms with Crippen molar-refractivity contribution >= 4 is 0 Å². The summed E-state index contributed by atoms with van der Waals surface area (Å²) in [5, 5.41) is 3.68. The van der Waals surface area contributed by atoms with Crippen LogP contribution in [0, 0.1) is 5.92 Å². The average Bonchev–Trinajstić information content (AvgIpc) is 3.01. The minimum atomic E-state index is 0.588. The van der Waals surface area contributed by atoms with Gasteiger partial charge in [-0.1, -0.05) is 19.8 Å². The van der Waals surface area contributed by atoms with Gasteiger partial charge in [0.05, 0.1) is 6.10 Å². The molecule has 94 valence electrons. The van der Waals surface area contributed by atoms with E-state index in [2.05, 4.69) is 12.2 Å². The van der Waals surface area contributed by atoms with Gasteiger partial charge in [0.1, 0.15) is 0 Å². The van der Waals surface area contributed by atoms with Gasteiger partial charge in [0, 0.05) is 12.6 Å². The van der Waals surface area contributed by atoms with Gasteiger partial charge in [-0.15, -0.1) is 0 Å². The van der Waals surface area contributed by atoms with Crippen LogP contribution in [-0.4, -0.2) is 25.3 Å². The fraction of sp³-hybridized carbons (Fsp3) is 1.00. The van der Waals surface area contributed by atoms with Crippen LogP contribution in [0.4, 0.5) is 0 Å². The molecular formula is C14H27NO. The topological polar surface area (TPSA) is 21.3 Å². The monoisotopic (exact) mass is 225 g/mol. The summed E-state index contributed by atoms with van der Waals surface area (Å²) in [4.78, 5) is 0. The molecule has 16 heavy (non-hydrogen) atoms. The second-order valence-corrected chi connectivity index (χ2v) is 5.44. The summed E-state index contributed by atoms with van der Waals surface area (Å²) in [5.74, 6) is 0.987. The van der Waals surface area contributed by atoms with Crippen molar-refractivity contribution < 1.29 is 4.74 Å². The molecule has 0 heterocycles. The second-order valence-electron chi connectivity index (χ2n) is 5.44. The van der Waals surface area contributed by atoms with E-state index in [0.717, 1.165) is 25.1 Å². The number of ether oxygens (including phenoxy) is 1. The first-order chi connectivity index (χ1) is 7.90. The highest BCUT2D eigenvalue weighted by Crippen LogP contribution is 2.33. The van der Waals surface area contributed by atoms with E-state index in [0.29, 0.717) is 6.10 Å². The first-order valence-corrected chi connectivity index (χ1v) is 7.25. The average molecular weight is 225 g/mol. The SMILES string of the molecule is CCC(NCCCOC1CCCC1)C1CC1. The van der Waals surface area contributed by atoms with Gasteiger partial charge in [0.2, 0.25) is 0 Å². The van der Waals surface area contributed by atoms with Gasteiger partial charge >= 0.3 is 0 Å². The Kier molecular flexibility index (Phi) is 5.11. The highest BCUT2D eigenvalue weighted by Gasteiger charge is 2.29. The van der Waals surface area contributed by atoms with Crippen LogP contribution < -0.4 is 5.32 Å². The lowest BCUT2D eigenvalue weighted by Gasteiger charge is -2.16. The Morgan fingerprint density at radius 2 is 1.94 bits per heavy atom. The van der Waals surface area contributed by atoms with Crippen LogP contribution in [0.2, 0.25) is 0 Å². The van der Waals surface area contributed by atoms with Crippen LogP contribution >= 0.6 is 0 Å². The molecule has 1 N–H and O–H groups in total. The molecular weight excluding hydrogens is 198 g/mol. The Balaban J connectivity index is 1.44. The second kappa shape index (κ2) is 6.61. The Morgan fingerprint density at radius 3 is 2.56 bits per heavy atom. The smallest absolute Gasteiger partial charge is 0.0575 e. The third kappa shape index (κ3) is 4.06. The lowest BCUT2D eigenvalue weighted by atomic mass is 10.1. The van der Waals surface area contributed by atoms with Crippen LogP contribution in [0.15, 0.2) is 0 Å². The molecule has 2 rings (SSSR count). The molecule has 2 aliphatic carbocycles. The molecule has 1 unspecified atom stereocenters. The molecule has 0 aromatic carbocycles. The van der Waals surface area contributed by atoms with Gasteiger partial charge in [0.25, 0.3) is 0 Å². The molecule has 0 aliphatic heterocycles. The molecule has 0 aromatic rings. The van der Waals surface area contributed by atoms with E-state index in [1.807, 2.05) is 0 Å². The third-order valence-electron chi connectivity index (χ3n) is 4.01. The Morgan fingerprint density at radius 1 is 1.19 bits per heavy atom. The predicted molar refractivity (Wildman–Crippen MR) is 67.6 cm³/mol. The minimum Gasteiger partial charge on any atom is -0.378 e. The molecule has 1 atom stereocenters. The first-order valence-electron chi connectivity index (χ1n) is 7.25. The van der Waals surface area contributed by atoms with Crippen molar-refractivity contribution in [2.45, 2.75) is 70.4 Å². The zero-order valence-electron chi connectivity index (χ0n) is 10.7. The highest BCUT2D eigenvalue weighted by molar-refractivity contribution is 4.85. The summed E-state index contributed by atoms with van der Waals surface area (Å²) in [5.41, 5.74) is 0. The van der Waals surface area contributed by atoms with Crippen LogP contribution in [-0.2, 0) is 4.74 Å². The van der Waals surface area contributed by atoms with Gasteiger partial charge in [-0.3, -0.25) is 0 Å². The molecule has 2 nitrogen and oxygen atoms in total. The van der Waals surface area contributed by atoms with Crippen molar-refractivity contribution in [1.29, 1.82) is 0 Å². The number of rotatable bonds is 8. The van der Waals surface area contributed by atoms with Crippen molar-refractivity contribution in [2.75, 3.05) is 13.2 Å². The quantitative estimate of drug-likeness (QED) is 0.641. The maximum Gasteiger partial charge on any atom is 0.0575 e. The van der Waals surface area contributed by atoms with E-state index in [9.17, 15) is 0 Å². The van der Waals surface area contributed by atoms with Crippen LogP contribution in [0.3, 0.4) is 0 Å². The summed E-state index contributed by atoms with van der Waals surface area (Å²) in [6, 6.07) is 0.784. The molecule has 0 aromatic heterocycles. The van der Waals surface area contributed by atoms with Gasteiger partial charge in [-0.2, -0.15) is 0 Å². The molecule has 0 bridgehead atoms. The summed E-state index contributed by atoms with van der Waals surface area (Å²) < 4.78 is 5.85. The van der Waals surface area contributed by atoms with Crippen LogP contribution in [0.5, 0.6) is 0 Å². The molecule has 0 spiro atoms. The molecule has 0 radical (unpaired) electrons. The Labute approximate surface area is 100 Å². The number of nitrogens with one attached hydrogen (secondary N) is 1.